The van der Waals surface area contributed by atoms with Crippen molar-refractivity contribution in [3.8, 4) is 0 Å². The van der Waals surface area contributed by atoms with Crippen LogP contribution in [0, 0.1) is 5.92 Å². The predicted octanol–water partition coefficient (Wildman–Crippen LogP) is 2.81. The average molecular weight is 255 g/mol. The van der Waals surface area contributed by atoms with Crippen molar-refractivity contribution in [1.82, 2.24) is 0 Å². The molecule has 1 fully saturated rings. The van der Waals surface area contributed by atoms with E-state index < -0.39 is 6.10 Å². The molecule has 0 aromatic heterocycles. The zero-order valence-corrected chi connectivity index (χ0v) is 10.4. The summed E-state index contributed by atoms with van der Waals surface area (Å²) in [5, 5.41) is 0.695. The molecule has 1 aromatic rings. The van der Waals surface area contributed by atoms with E-state index in [-0.39, 0.29) is 5.97 Å². The molecule has 2 rings (SSSR count). The van der Waals surface area contributed by atoms with E-state index in [9.17, 15) is 4.79 Å². The minimum Gasteiger partial charge on any atom is -0.467 e. The minimum absolute atomic E-state index is 0.276. The van der Waals surface area contributed by atoms with Gasteiger partial charge in [-0.3, -0.25) is 0 Å². The van der Waals surface area contributed by atoms with Crippen molar-refractivity contribution in [1.29, 1.82) is 0 Å². The molecule has 1 aliphatic rings. The van der Waals surface area contributed by atoms with Crippen LogP contribution in [0.25, 0.3) is 0 Å². The van der Waals surface area contributed by atoms with E-state index in [1.54, 1.807) is 0 Å². The van der Waals surface area contributed by atoms with Gasteiger partial charge in [0.1, 0.15) is 0 Å². The van der Waals surface area contributed by atoms with Gasteiger partial charge in [0.2, 0.25) is 0 Å². The summed E-state index contributed by atoms with van der Waals surface area (Å²) in [4.78, 5) is 11.5. The molecule has 0 saturated heterocycles. The fourth-order valence-corrected chi connectivity index (χ4v) is 1.80. The standard InChI is InChI=1S/C13H15ClO3/c1-16-13(15)12(10-4-5-10)17-8-9-2-6-11(14)7-3-9/h2-3,6-7,10,12H,4-5,8H2,1H3. The Morgan fingerprint density at radius 1 is 1.41 bits per heavy atom. The lowest BCUT2D eigenvalue weighted by Gasteiger charge is -2.14. The van der Waals surface area contributed by atoms with Crippen LogP contribution >= 0.6 is 11.6 Å². The van der Waals surface area contributed by atoms with E-state index in [1.165, 1.54) is 7.11 Å². The molecule has 1 atom stereocenters. The van der Waals surface area contributed by atoms with E-state index >= 15 is 0 Å². The lowest BCUT2D eigenvalue weighted by molar-refractivity contribution is -0.156. The summed E-state index contributed by atoms with van der Waals surface area (Å²) in [7, 11) is 1.39. The third-order valence-corrected chi connectivity index (χ3v) is 3.08. The quantitative estimate of drug-likeness (QED) is 0.758. The molecular formula is C13H15ClO3. The fourth-order valence-electron chi connectivity index (χ4n) is 1.68. The second-order valence-electron chi connectivity index (χ2n) is 4.22. The van der Waals surface area contributed by atoms with Crippen molar-refractivity contribution in [2.24, 2.45) is 5.92 Å². The van der Waals surface area contributed by atoms with Gasteiger partial charge in [-0.15, -0.1) is 0 Å². The molecule has 0 aliphatic heterocycles. The first-order valence-electron chi connectivity index (χ1n) is 5.64. The second-order valence-corrected chi connectivity index (χ2v) is 4.66. The van der Waals surface area contributed by atoms with Crippen LogP contribution in [0.15, 0.2) is 24.3 Å². The molecular weight excluding hydrogens is 240 g/mol. The van der Waals surface area contributed by atoms with Crippen LogP contribution in [0.5, 0.6) is 0 Å². The number of esters is 1. The molecule has 0 amide bonds. The minimum atomic E-state index is -0.421. The van der Waals surface area contributed by atoms with E-state index in [1.807, 2.05) is 24.3 Å². The van der Waals surface area contributed by atoms with Gasteiger partial charge in [0, 0.05) is 5.02 Å². The van der Waals surface area contributed by atoms with Crippen molar-refractivity contribution in [3.05, 3.63) is 34.9 Å². The lowest BCUT2D eigenvalue weighted by Crippen LogP contribution is -2.27. The summed E-state index contributed by atoms with van der Waals surface area (Å²) in [5.41, 5.74) is 1.00. The highest BCUT2D eigenvalue weighted by Gasteiger charge is 2.37. The molecule has 0 bridgehead atoms. The van der Waals surface area contributed by atoms with Gasteiger partial charge < -0.3 is 9.47 Å². The van der Waals surface area contributed by atoms with Gasteiger partial charge in [0.05, 0.1) is 13.7 Å². The first kappa shape index (κ1) is 12.4. The Balaban J connectivity index is 1.90. The van der Waals surface area contributed by atoms with Gasteiger partial charge in [-0.25, -0.2) is 4.79 Å². The third kappa shape index (κ3) is 3.45. The number of carbonyl (C=O) groups is 1. The second kappa shape index (κ2) is 5.52. The molecule has 1 aliphatic carbocycles. The van der Waals surface area contributed by atoms with Crippen LogP contribution in [-0.4, -0.2) is 19.2 Å². The highest BCUT2D eigenvalue weighted by atomic mass is 35.5. The van der Waals surface area contributed by atoms with Crippen LogP contribution in [0.3, 0.4) is 0 Å². The summed E-state index contributed by atoms with van der Waals surface area (Å²) >= 11 is 5.79. The average Bonchev–Trinajstić information content (AvgIpc) is 3.16. The third-order valence-electron chi connectivity index (χ3n) is 2.83. The Kier molecular flexibility index (Phi) is 4.02. The van der Waals surface area contributed by atoms with Gasteiger partial charge in [-0.2, -0.15) is 0 Å². The molecule has 17 heavy (non-hydrogen) atoms. The van der Waals surface area contributed by atoms with Crippen molar-refractivity contribution >= 4 is 17.6 Å². The molecule has 92 valence electrons. The number of carbonyl (C=O) groups excluding carboxylic acids is 1. The number of methoxy groups -OCH3 is 1. The van der Waals surface area contributed by atoms with Crippen molar-refractivity contribution in [2.45, 2.75) is 25.6 Å². The molecule has 0 spiro atoms. The molecule has 3 nitrogen and oxygen atoms in total. The number of benzene rings is 1. The summed E-state index contributed by atoms with van der Waals surface area (Å²) in [6, 6.07) is 7.40. The zero-order valence-electron chi connectivity index (χ0n) is 9.69. The molecule has 1 unspecified atom stereocenters. The van der Waals surface area contributed by atoms with E-state index in [0.717, 1.165) is 18.4 Å². The molecule has 0 N–H and O–H groups in total. The summed E-state index contributed by atoms with van der Waals surface area (Å²) in [6.07, 6.45) is 1.66. The maximum atomic E-state index is 11.5. The highest BCUT2D eigenvalue weighted by Crippen LogP contribution is 2.35. The first-order valence-corrected chi connectivity index (χ1v) is 6.02. The normalized spacial score (nSPS) is 16.6. The first-order chi connectivity index (χ1) is 8.20. The Labute approximate surface area is 106 Å². The Morgan fingerprint density at radius 3 is 2.59 bits per heavy atom. The maximum Gasteiger partial charge on any atom is 0.335 e. The lowest BCUT2D eigenvalue weighted by atomic mass is 10.2. The monoisotopic (exact) mass is 254 g/mol. The van der Waals surface area contributed by atoms with Gasteiger partial charge in [0.25, 0.3) is 0 Å². The predicted molar refractivity (Wildman–Crippen MR) is 64.8 cm³/mol. The van der Waals surface area contributed by atoms with Crippen LogP contribution in [-0.2, 0) is 20.9 Å². The molecule has 0 heterocycles. The topological polar surface area (TPSA) is 35.5 Å². The number of rotatable bonds is 5. The number of hydrogen-bond donors (Lipinski definition) is 0. The fraction of sp³-hybridized carbons (Fsp3) is 0.462. The van der Waals surface area contributed by atoms with Gasteiger partial charge >= 0.3 is 5.97 Å². The van der Waals surface area contributed by atoms with Gasteiger partial charge in [0.15, 0.2) is 6.10 Å². The molecule has 1 saturated carbocycles. The van der Waals surface area contributed by atoms with Crippen molar-refractivity contribution in [2.75, 3.05) is 7.11 Å². The van der Waals surface area contributed by atoms with Crippen LogP contribution < -0.4 is 0 Å². The highest BCUT2D eigenvalue weighted by molar-refractivity contribution is 6.30. The largest absolute Gasteiger partial charge is 0.467 e. The Morgan fingerprint density at radius 2 is 2.06 bits per heavy atom. The zero-order chi connectivity index (χ0) is 12.3. The molecule has 1 aromatic carbocycles. The van der Waals surface area contributed by atoms with E-state index in [4.69, 9.17) is 21.1 Å². The van der Waals surface area contributed by atoms with Crippen LogP contribution in [0.2, 0.25) is 5.02 Å². The summed E-state index contributed by atoms with van der Waals surface area (Å²) in [5.74, 6) is 0.0520. The maximum absolute atomic E-state index is 11.5. The van der Waals surface area contributed by atoms with E-state index in [2.05, 4.69) is 0 Å². The number of halogens is 1. The van der Waals surface area contributed by atoms with Crippen LogP contribution in [0.4, 0.5) is 0 Å². The van der Waals surface area contributed by atoms with E-state index in [0.29, 0.717) is 17.5 Å². The Hall–Kier alpha value is -1.06. The van der Waals surface area contributed by atoms with Crippen molar-refractivity contribution < 1.29 is 14.3 Å². The summed E-state index contributed by atoms with van der Waals surface area (Å²) in [6.45, 7) is 0.410. The van der Waals surface area contributed by atoms with Gasteiger partial charge in [-0.05, 0) is 36.5 Å². The number of ether oxygens (including phenoxy) is 2. The van der Waals surface area contributed by atoms with Gasteiger partial charge in [-0.1, -0.05) is 23.7 Å². The van der Waals surface area contributed by atoms with Crippen LogP contribution in [0.1, 0.15) is 18.4 Å². The van der Waals surface area contributed by atoms with Crippen molar-refractivity contribution in [3.63, 3.8) is 0 Å². The molecule has 0 radical (unpaired) electrons. The number of hydrogen-bond acceptors (Lipinski definition) is 3. The Bertz CT molecular complexity index is 384. The molecule has 4 heteroatoms. The smallest absolute Gasteiger partial charge is 0.335 e. The SMILES string of the molecule is COC(=O)C(OCc1ccc(Cl)cc1)C1CC1. The summed E-state index contributed by atoms with van der Waals surface area (Å²) < 4.78 is 10.4.